The fraction of sp³-hybridized carbons (Fsp3) is 0.562. The number of amides is 1. The fourth-order valence-corrected chi connectivity index (χ4v) is 1.94. The summed E-state index contributed by atoms with van der Waals surface area (Å²) in [5, 5.41) is 6.11. The SMILES string of the molecule is COCCCNC(=O)C(C)NCc1cccc(COC)c1. The van der Waals surface area contributed by atoms with Crippen LogP contribution in [0.4, 0.5) is 0 Å². The minimum absolute atomic E-state index is 0.0131. The van der Waals surface area contributed by atoms with Gasteiger partial charge in [0, 0.05) is 33.9 Å². The number of hydrogen-bond donors (Lipinski definition) is 2. The van der Waals surface area contributed by atoms with E-state index in [9.17, 15) is 4.79 Å². The fourth-order valence-electron chi connectivity index (χ4n) is 1.94. The van der Waals surface area contributed by atoms with Crippen LogP contribution in [-0.2, 0) is 27.4 Å². The Labute approximate surface area is 127 Å². The highest BCUT2D eigenvalue weighted by molar-refractivity contribution is 5.81. The second-order valence-electron chi connectivity index (χ2n) is 4.99. The Morgan fingerprint density at radius 1 is 1.24 bits per heavy atom. The van der Waals surface area contributed by atoms with Crippen LogP contribution in [0.15, 0.2) is 24.3 Å². The first kappa shape index (κ1) is 17.6. The Hall–Kier alpha value is -1.43. The van der Waals surface area contributed by atoms with E-state index in [0.717, 1.165) is 17.5 Å². The van der Waals surface area contributed by atoms with Crippen LogP contribution in [0, 0.1) is 0 Å². The van der Waals surface area contributed by atoms with E-state index in [4.69, 9.17) is 9.47 Å². The largest absolute Gasteiger partial charge is 0.385 e. The molecule has 21 heavy (non-hydrogen) atoms. The van der Waals surface area contributed by atoms with Gasteiger partial charge in [0.2, 0.25) is 5.91 Å². The summed E-state index contributed by atoms with van der Waals surface area (Å²) < 4.78 is 10.1. The molecule has 0 aliphatic rings. The molecule has 1 rings (SSSR count). The molecule has 0 saturated heterocycles. The molecule has 0 bridgehead atoms. The van der Waals surface area contributed by atoms with Gasteiger partial charge in [0.15, 0.2) is 0 Å². The molecule has 1 unspecified atom stereocenters. The Bertz CT molecular complexity index is 424. The van der Waals surface area contributed by atoms with E-state index >= 15 is 0 Å². The quantitative estimate of drug-likeness (QED) is 0.642. The number of carbonyl (C=O) groups is 1. The molecule has 1 amide bonds. The van der Waals surface area contributed by atoms with Gasteiger partial charge >= 0.3 is 0 Å². The van der Waals surface area contributed by atoms with Crippen molar-refractivity contribution < 1.29 is 14.3 Å². The van der Waals surface area contributed by atoms with Crippen molar-refractivity contribution in [3.8, 4) is 0 Å². The zero-order valence-electron chi connectivity index (χ0n) is 13.1. The van der Waals surface area contributed by atoms with Crippen molar-refractivity contribution in [1.29, 1.82) is 0 Å². The van der Waals surface area contributed by atoms with Crippen LogP contribution in [0.3, 0.4) is 0 Å². The number of hydrogen-bond acceptors (Lipinski definition) is 4. The standard InChI is InChI=1S/C16H26N2O3/c1-13(16(19)17-8-5-9-20-2)18-11-14-6-4-7-15(10-14)12-21-3/h4,6-7,10,13,18H,5,8-9,11-12H2,1-3H3,(H,17,19). The van der Waals surface area contributed by atoms with Crippen molar-refractivity contribution in [2.45, 2.75) is 32.5 Å². The van der Waals surface area contributed by atoms with Gasteiger partial charge in [0.1, 0.15) is 0 Å². The molecule has 5 heteroatoms. The maximum atomic E-state index is 11.9. The third-order valence-corrected chi connectivity index (χ3v) is 3.13. The van der Waals surface area contributed by atoms with E-state index < -0.39 is 0 Å². The summed E-state index contributed by atoms with van der Waals surface area (Å²) in [7, 11) is 3.34. The van der Waals surface area contributed by atoms with Crippen molar-refractivity contribution in [1.82, 2.24) is 10.6 Å². The number of benzene rings is 1. The first-order valence-corrected chi connectivity index (χ1v) is 7.24. The van der Waals surface area contributed by atoms with Gasteiger partial charge < -0.3 is 20.1 Å². The molecule has 2 N–H and O–H groups in total. The van der Waals surface area contributed by atoms with E-state index in [1.807, 2.05) is 25.1 Å². The lowest BCUT2D eigenvalue weighted by molar-refractivity contribution is -0.122. The van der Waals surface area contributed by atoms with Crippen LogP contribution in [0.1, 0.15) is 24.5 Å². The molecular weight excluding hydrogens is 268 g/mol. The second kappa shape index (κ2) is 10.3. The topological polar surface area (TPSA) is 59.6 Å². The van der Waals surface area contributed by atoms with Crippen molar-refractivity contribution in [3.63, 3.8) is 0 Å². The number of methoxy groups -OCH3 is 2. The highest BCUT2D eigenvalue weighted by Crippen LogP contribution is 2.06. The summed E-state index contributed by atoms with van der Waals surface area (Å²) >= 11 is 0. The second-order valence-corrected chi connectivity index (χ2v) is 4.99. The van der Waals surface area contributed by atoms with E-state index in [-0.39, 0.29) is 11.9 Å². The first-order valence-electron chi connectivity index (χ1n) is 7.24. The maximum Gasteiger partial charge on any atom is 0.236 e. The predicted molar refractivity (Wildman–Crippen MR) is 83.0 cm³/mol. The summed E-state index contributed by atoms with van der Waals surface area (Å²) in [6, 6.07) is 7.92. The summed E-state index contributed by atoms with van der Waals surface area (Å²) in [5.74, 6) is 0.0131. The molecular formula is C16H26N2O3. The highest BCUT2D eigenvalue weighted by atomic mass is 16.5. The van der Waals surface area contributed by atoms with Gasteiger partial charge in [0.25, 0.3) is 0 Å². The van der Waals surface area contributed by atoms with Gasteiger partial charge in [-0.1, -0.05) is 24.3 Å². The summed E-state index contributed by atoms with van der Waals surface area (Å²) in [5.41, 5.74) is 2.28. The first-order chi connectivity index (χ1) is 10.2. The lowest BCUT2D eigenvalue weighted by Crippen LogP contribution is -2.42. The van der Waals surface area contributed by atoms with Gasteiger partial charge in [-0.25, -0.2) is 0 Å². The van der Waals surface area contributed by atoms with Gasteiger partial charge in [-0.2, -0.15) is 0 Å². The summed E-state index contributed by atoms with van der Waals surface area (Å²) in [4.78, 5) is 11.9. The summed E-state index contributed by atoms with van der Waals surface area (Å²) in [6.07, 6.45) is 0.827. The Kier molecular flexibility index (Phi) is 8.66. The van der Waals surface area contributed by atoms with Crippen LogP contribution in [-0.4, -0.2) is 39.3 Å². The molecule has 1 aromatic rings. The average molecular weight is 294 g/mol. The van der Waals surface area contributed by atoms with Crippen LogP contribution in [0.25, 0.3) is 0 Å². The monoisotopic (exact) mass is 294 g/mol. The molecule has 1 atom stereocenters. The Balaban J connectivity index is 2.32. The molecule has 0 aromatic heterocycles. The van der Waals surface area contributed by atoms with E-state index in [0.29, 0.717) is 26.3 Å². The molecule has 5 nitrogen and oxygen atoms in total. The zero-order valence-corrected chi connectivity index (χ0v) is 13.1. The van der Waals surface area contributed by atoms with Crippen molar-refractivity contribution in [2.75, 3.05) is 27.4 Å². The van der Waals surface area contributed by atoms with E-state index in [2.05, 4.69) is 16.7 Å². The minimum atomic E-state index is -0.223. The average Bonchev–Trinajstić information content (AvgIpc) is 2.49. The predicted octanol–water partition coefficient (Wildman–Crippen LogP) is 1.46. The van der Waals surface area contributed by atoms with Crippen LogP contribution < -0.4 is 10.6 Å². The lowest BCUT2D eigenvalue weighted by Gasteiger charge is -2.14. The summed E-state index contributed by atoms with van der Waals surface area (Å²) in [6.45, 7) is 4.43. The van der Waals surface area contributed by atoms with Gasteiger partial charge in [-0.05, 0) is 24.5 Å². The van der Waals surface area contributed by atoms with Crippen LogP contribution in [0.2, 0.25) is 0 Å². The van der Waals surface area contributed by atoms with Crippen LogP contribution in [0.5, 0.6) is 0 Å². The number of rotatable bonds is 10. The molecule has 118 valence electrons. The molecule has 0 saturated carbocycles. The molecule has 1 aromatic carbocycles. The molecule has 0 aliphatic carbocycles. The van der Waals surface area contributed by atoms with E-state index in [1.54, 1.807) is 14.2 Å². The normalized spacial score (nSPS) is 12.1. The van der Waals surface area contributed by atoms with Crippen molar-refractivity contribution in [2.24, 2.45) is 0 Å². The molecule has 0 fully saturated rings. The lowest BCUT2D eigenvalue weighted by atomic mass is 10.1. The number of nitrogens with one attached hydrogen (secondary N) is 2. The third-order valence-electron chi connectivity index (χ3n) is 3.13. The number of carbonyl (C=O) groups excluding carboxylic acids is 1. The third kappa shape index (κ3) is 7.22. The Morgan fingerprint density at radius 2 is 2.00 bits per heavy atom. The van der Waals surface area contributed by atoms with Crippen molar-refractivity contribution >= 4 is 5.91 Å². The van der Waals surface area contributed by atoms with Gasteiger partial charge in [0.05, 0.1) is 12.6 Å². The number of ether oxygens (including phenoxy) is 2. The van der Waals surface area contributed by atoms with Gasteiger partial charge in [-0.3, -0.25) is 4.79 Å². The Morgan fingerprint density at radius 3 is 2.71 bits per heavy atom. The molecule has 0 spiro atoms. The molecule has 0 aliphatic heterocycles. The van der Waals surface area contributed by atoms with Crippen molar-refractivity contribution in [3.05, 3.63) is 35.4 Å². The van der Waals surface area contributed by atoms with Gasteiger partial charge in [-0.15, -0.1) is 0 Å². The van der Waals surface area contributed by atoms with Crippen LogP contribution >= 0.6 is 0 Å². The molecule has 0 heterocycles. The maximum absolute atomic E-state index is 11.9. The molecule has 0 radical (unpaired) electrons. The highest BCUT2D eigenvalue weighted by Gasteiger charge is 2.11. The van der Waals surface area contributed by atoms with E-state index in [1.165, 1.54) is 0 Å². The minimum Gasteiger partial charge on any atom is -0.385 e. The smallest absolute Gasteiger partial charge is 0.236 e. The zero-order chi connectivity index (χ0) is 15.5.